The minimum atomic E-state index is -0.314. The molecule has 0 bridgehead atoms. The van der Waals surface area contributed by atoms with Crippen molar-refractivity contribution in [3.8, 4) is 11.1 Å². The highest BCUT2D eigenvalue weighted by Crippen LogP contribution is 2.44. The number of amides is 1. The number of hydrogen-bond donors (Lipinski definition) is 1. The normalized spacial score (nSPS) is 16.9. The van der Waals surface area contributed by atoms with Gasteiger partial charge in [-0.3, -0.25) is 0 Å². The maximum atomic E-state index is 12.6. The van der Waals surface area contributed by atoms with Gasteiger partial charge in [-0.05, 0) is 42.0 Å². The molecule has 1 N–H and O–H groups in total. The van der Waals surface area contributed by atoms with Crippen molar-refractivity contribution < 1.29 is 14.6 Å². The molecule has 130 valence electrons. The first-order valence-electron chi connectivity index (χ1n) is 8.95. The van der Waals surface area contributed by atoms with Gasteiger partial charge in [-0.15, -0.1) is 0 Å². The van der Waals surface area contributed by atoms with E-state index in [4.69, 9.17) is 4.74 Å². The lowest BCUT2D eigenvalue weighted by atomic mass is 9.98. The molecule has 1 saturated carbocycles. The molecule has 0 saturated heterocycles. The molecule has 25 heavy (non-hydrogen) atoms. The maximum absolute atomic E-state index is 12.6. The first-order valence-corrected chi connectivity index (χ1v) is 8.95. The number of fused-ring (bicyclic) bond motifs is 3. The van der Waals surface area contributed by atoms with Crippen LogP contribution < -0.4 is 0 Å². The van der Waals surface area contributed by atoms with E-state index in [1.807, 2.05) is 31.2 Å². The molecule has 1 fully saturated rings. The lowest BCUT2D eigenvalue weighted by molar-refractivity contribution is 0.0682. The van der Waals surface area contributed by atoms with Crippen LogP contribution in [0.1, 0.15) is 36.8 Å². The van der Waals surface area contributed by atoms with Crippen LogP contribution in [-0.4, -0.2) is 41.4 Å². The molecule has 2 aromatic carbocycles. The van der Waals surface area contributed by atoms with E-state index in [1.54, 1.807) is 4.90 Å². The van der Waals surface area contributed by atoms with E-state index >= 15 is 0 Å². The first kappa shape index (κ1) is 16.2. The minimum Gasteiger partial charge on any atom is -0.448 e. The summed E-state index contributed by atoms with van der Waals surface area (Å²) in [7, 11) is 0. The number of carbonyl (C=O) groups is 1. The number of ether oxygens (including phenoxy) is 1. The summed E-state index contributed by atoms with van der Waals surface area (Å²) in [6.45, 7) is 2.15. The Bertz CT molecular complexity index is 739. The minimum absolute atomic E-state index is 0.0410. The van der Waals surface area contributed by atoms with E-state index in [2.05, 4.69) is 24.3 Å². The average molecular weight is 337 g/mol. The number of aliphatic hydroxyl groups is 1. The summed E-state index contributed by atoms with van der Waals surface area (Å²) in [4.78, 5) is 14.3. The predicted octanol–water partition coefficient (Wildman–Crippen LogP) is 3.78. The molecule has 1 amide bonds. The fraction of sp³-hybridized carbons (Fsp3) is 0.381. The van der Waals surface area contributed by atoms with Crippen molar-refractivity contribution in [2.75, 3.05) is 13.2 Å². The van der Waals surface area contributed by atoms with Crippen LogP contribution in [0, 0.1) is 0 Å². The standard InChI is InChI=1S/C21H23NO3/c1-14(12-23)22(15-10-11-15)21(24)25-13-20-18-8-4-2-6-16(18)17-7-3-5-9-19(17)20/h2-9,14-15,20,23H,10-13H2,1H3. The van der Waals surface area contributed by atoms with E-state index in [0.717, 1.165) is 12.8 Å². The average Bonchev–Trinajstić information content (AvgIpc) is 3.42. The molecule has 2 aliphatic carbocycles. The summed E-state index contributed by atoms with van der Waals surface area (Å²) in [6.07, 6.45) is 1.68. The van der Waals surface area contributed by atoms with Crippen LogP contribution in [0.15, 0.2) is 48.5 Å². The van der Waals surface area contributed by atoms with Crippen LogP contribution in [0.3, 0.4) is 0 Å². The Labute approximate surface area is 148 Å². The Morgan fingerprint density at radius 1 is 1.12 bits per heavy atom. The Morgan fingerprint density at radius 3 is 2.20 bits per heavy atom. The maximum Gasteiger partial charge on any atom is 0.410 e. The summed E-state index contributed by atoms with van der Waals surface area (Å²) in [5, 5.41) is 9.42. The van der Waals surface area contributed by atoms with Crippen LogP contribution in [0.5, 0.6) is 0 Å². The molecule has 0 aliphatic heterocycles. The number of carbonyl (C=O) groups excluding carboxylic acids is 1. The Kier molecular flexibility index (Phi) is 4.22. The van der Waals surface area contributed by atoms with Crippen molar-refractivity contribution in [3.63, 3.8) is 0 Å². The van der Waals surface area contributed by atoms with Gasteiger partial charge in [-0.1, -0.05) is 48.5 Å². The van der Waals surface area contributed by atoms with Crippen molar-refractivity contribution in [1.82, 2.24) is 4.90 Å². The second-order valence-electron chi connectivity index (χ2n) is 6.97. The molecule has 0 aromatic heterocycles. The second-order valence-corrected chi connectivity index (χ2v) is 6.97. The summed E-state index contributed by atoms with van der Waals surface area (Å²) in [6, 6.07) is 16.6. The third-order valence-electron chi connectivity index (χ3n) is 5.23. The van der Waals surface area contributed by atoms with Crippen LogP contribution in [0.4, 0.5) is 4.79 Å². The molecule has 0 radical (unpaired) electrons. The number of nitrogens with zero attached hydrogens (tertiary/aromatic N) is 1. The van der Waals surface area contributed by atoms with Crippen LogP contribution >= 0.6 is 0 Å². The summed E-state index contributed by atoms with van der Waals surface area (Å²) < 4.78 is 5.70. The van der Waals surface area contributed by atoms with Gasteiger partial charge in [0.25, 0.3) is 0 Å². The van der Waals surface area contributed by atoms with E-state index in [-0.39, 0.29) is 30.7 Å². The molecule has 1 unspecified atom stereocenters. The summed E-state index contributed by atoms with van der Waals surface area (Å²) in [5.41, 5.74) is 4.87. The fourth-order valence-corrected chi connectivity index (χ4v) is 3.80. The molecule has 4 rings (SSSR count). The van der Waals surface area contributed by atoms with Gasteiger partial charge in [-0.25, -0.2) is 4.79 Å². The number of hydrogen-bond acceptors (Lipinski definition) is 3. The number of rotatable bonds is 5. The number of benzene rings is 2. The van der Waals surface area contributed by atoms with Gasteiger partial charge in [0.2, 0.25) is 0 Å². The highest BCUT2D eigenvalue weighted by atomic mass is 16.6. The SMILES string of the molecule is CC(CO)N(C(=O)OCC1c2ccccc2-c2ccccc21)C1CC1. The smallest absolute Gasteiger partial charge is 0.410 e. The van der Waals surface area contributed by atoms with Gasteiger partial charge in [-0.2, -0.15) is 0 Å². The van der Waals surface area contributed by atoms with Crippen molar-refractivity contribution >= 4 is 6.09 Å². The largest absolute Gasteiger partial charge is 0.448 e. The third-order valence-corrected chi connectivity index (χ3v) is 5.23. The van der Waals surface area contributed by atoms with Crippen LogP contribution in [-0.2, 0) is 4.74 Å². The number of aliphatic hydroxyl groups excluding tert-OH is 1. The molecule has 4 heteroatoms. The first-order chi connectivity index (χ1) is 12.2. The molecule has 0 heterocycles. The van der Waals surface area contributed by atoms with Crippen molar-refractivity contribution in [2.24, 2.45) is 0 Å². The molecular weight excluding hydrogens is 314 g/mol. The van der Waals surface area contributed by atoms with Gasteiger partial charge < -0.3 is 14.7 Å². The van der Waals surface area contributed by atoms with E-state index in [9.17, 15) is 9.90 Å². The molecule has 4 nitrogen and oxygen atoms in total. The highest BCUT2D eigenvalue weighted by molar-refractivity contribution is 5.79. The van der Waals surface area contributed by atoms with E-state index in [1.165, 1.54) is 22.3 Å². The van der Waals surface area contributed by atoms with Gasteiger partial charge in [0.1, 0.15) is 6.61 Å². The highest BCUT2D eigenvalue weighted by Gasteiger charge is 2.37. The zero-order chi connectivity index (χ0) is 17.4. The van der Waals surface area contributed by atoms with Gasteiger partial charge in [0, 0.05) is 12.0 Å². The Morgan fingerprint density at radius 2 is 1.68 bits per heavy atom. The lowest BCUT2D eigenvalue weighted by Crippen LogP contribution is -2.43. The van der Waals surface area contributed by atoms with Gasteiger partial charge in [0.05, 0.1) is 12.6 Å². The van der Waals surface area contributed by atoms with Crippen molar-refractivity contribution in [2.45, 2.75) is 37.8 Å². The predicted molar refractivity (Wildman–Crippen MR) is 96.5 cm³/mol. The molecule has 2 aliphatic rings. The topological polar surface area (TPSA) is 49.8 Å². The zero-order valence-corrected chi connectivity index (χ0v) is 14.4. The third kappa shape index (κ3) is 2.91. The Balaban J connectivity index is 1.54. The van der Waals surface area contributed by atoms with Gasteiger partial charge >= 0.3 is 6.09 Å². The molecule has 1 atom stereocenters. The van der Waals surface area contributed by atoms with Crippen molar-refractivity contribution in [3.05, 3.63) is 59.7 Å². The van der Waals surface area contributed by atoms with Crippen LogP contribution in [0.25, 0.3) is 11.1 Å². The van der Waals surface area contributed by atoms with E-state index < -0.39 is 0 Å². The summed E-state index contributed by atoms with van der Waals surface area (Å²) in [5.74, 6) is 0.0711. The lowest BCUT2D eigenvalue weighted by Gasteiger charge is -2.28. The van der Waals surface area contributed by atoms with Crippen molar-refractivity contribution in [1.29, 1.82) is 0 Å². The zero-order valence-electron chi connectivity index (χ0n) is 14.4. The monoisotopic (exact) mass is 337 g/mol. The van der Waals surface area contributed by atoms with Gasteiger partial charge in [0.15, 0.2) is 0 Å². The van der Waals surface area contributed by atoms with E-state index in [0.29, 0.717) is 6.61 Å². The molecule has 2 aromatic rings. The molecular formula is C21H23NO3. The fourth-order valence-electron chi connectivity index (χ4n) is 3.80. The van der Waals surface area contributed by atoms with Crippen LogP contribution in [0.2, 0.25) is 0 Å². The second kappa shape index (κ2) is 6.52. The Hall–Kier alpha value is -2.33. The summed E-state index contributed by atoms with van der Waals surface area (Å²) >= 11 is 0. The molecule has 0 spiro atoms. The quantitative estimate of drug-likeness (QED) is 0.903.